The maximum atomic E-state index is 5.11. The van der Waals surface area contributed by atoms with Crippen LogP contribution in [0.15, 0.2) is 12.4 Å². The lowest BCUT2D eigenvalue weighted by atomic mass is 9.96. The van der Waals surface area contributed by atoms with Gasteiger partial charge in [-0.3, -0.25) is 0 Å². The SMILES string of the molecule is COCCCn1ccnc1NCC1(N(C)C)CCCC1. The number of ether oxygens (including phenoxy) is 1. The van der Waals surface area contributed by atoms with Crippen molar-refractivity contribution in [1.29, 1.82) is 0 Å². The van der Waals surface area contributed by atoms with E-state index in [0.29, 0.717) is 5.54 Å². The summed E-state index contributed by atoms with van der Waals surface area (Å²) in [5.74, 6) is 0.981. The molecule has 5 heteroatoms. The number of methoxy groups -OCH3 is 1. The Morgan fingerprint density at radius 2 is 2.15 bits per heavy atom. The highest BCUT2D eigenvalue weighted by Gasteiger charge is 2.35. The Morgan fingerprint density at radius 3 is 2.80 bits per heavy atom. The fourth-order valence-electron chi connectivity index (χ4n) is 3.09. The molecule has 0 atom stereocenters. The van der Waals surface area contributed by atoms with E-state index in [1.807, 2.05) is 12.4 Å². The van der Waals surface area contributed by atoms with E-state index >= 15 is 0 Å². The topological polar surface area (TPSA) is 42.3 Å². The van der Waals surface area contributed by atoms with Crippen molar-refractivity contribution in [2.75, 3.05) is 39.7 Å². The number of hydrogen-bond acceptors (Lipinski definition) is 4. The van der Waals surface area contributed by atoms with E-state index in [0.717, 1.165) is 32.1 Å². The number of nitrogens with zero attached hydrogens (tertiary/aromatic N) is 3. The first kappa shape index (κ1) is 15.3. The number of aryl methyl sites for hydroxylation is 1. The van der Waals surface area contributed by atoms with Crippen LogP contribution < -0.4 is 5.32 Å². The van der Waals surface area contributed by atoms with Crippen LogP contribution in [0.4, 0.5) is 5.95 Å². The smallest absolute Gasteiger partial charge is 0.202 e. The monoisotopic (exact) mass is 280 g/mol. The number of rotatable bonds is 8. The van der Waals surface area contributed by atoms with E-state index in [1.54, 1.807) is 7.11 Å². The van der Waals surface area contributed by atoms with Crippen LogP contribution in [-0.4, -0.2) is 54.3 Å². The third-order valence-corrected chi connectivity index (χ3v) is 4.52. The predicted molar refractivity (Wildman–Crippen MR) is 82.1 cm³/mol. The molecule has 0 amide bonds. The third kappa shape index (κ3) is 3.52. The van der Waals surface area contributed by atoms with E-state index in [4.69, 9.17) is 4.74 Å². The minimum atomic E-state index is 0.295. The molecule has 0 spiro atoms. The minimum Gasteiger partial charge on any atom is -0.385 e. The summed E-state index contributed by atoms with van der Waals surface area (Å²) in [6.07, 6.45) is 10.1. The Kier molecular flexibility index (Phi) is 5.43. The molecule has 5 nitrogen and oxygen atoms in total. The Morgan fingerprint density at radius 1 is 1.40 bits per heavy atom. The highest BCUT2D eigenvalue weighted by Crippen LogP contribution is 2.33. The number of anilines is 1. The summed E-state index contributed by atoms with van der Waals surface area (Å²) in [7, 11) is 6.13. The van der Waals surface area contributed by atoms with Crippen LogP contribution in [0.1, 0.15) is 32.1 Å². The first-order valence-corrected chi connectivity index (χ1v) is 7.59. The Bertz CT molecular complexity index is 396. The van der Waals surface area contributed by atoms with Crippen molar-refractivity contribution in [2.45, 2.75) is 44.2 Å². The number of hydrogen-bond donors (Lipinski definition) is 1. The molecule has 0 radical (unpaired) electrons. The van der Waals surface area contributed by atoms with E-state index < -0.39 is 0 Å². The fourth-order valence-corrected chi connectivity index (χ4v) is 3.09. The molecule has 1 heterocycles. The lowest BCUT2D eigenvalue weighted by Crippen LogP contribution is -2.47. The van der Waals surface area contributed by atoms with Gasteiger partial charge < -0.3 is 19.5 Å². The predicted octanol–water partition coefficient (Wildman–Crippen LogP) is 2.21. The van der Waals surface area contributed by atoms with Gasteiger partial charge in [0.1, 0.15) is 0 Å². The number of likely N-dealkylation sites (N-methyl/N-ethyl adjacent to an activating group) is 1. The van der Waals surface area contributed by atoms with Crippen molar-refractivity contribution in [3.05, 3.63) is 12.4 Å². The number of aromatic nitrogens is 2. The van der Waals surface area contributed by atoms with Crippen LogP contribution in [-0.2, 0) is 11.3 Å². The van der Waals surface area contributed by atoms with E-state index in [-0.39, 0.29) is 0 Å². The van der Waals surface area contributed by atoms with Gasteiger partial charge >= 0.3 is 0 Å². The molecule has 20 heavy (non-hydrogen) atoms. The summed E-state index contributed by atoms with van der Waals surface area (Å²) in [4.78, 5) is 6.82. The quantitative estimate of drug-likeness (QED) is 0.741. The molecule has 1 aromatic heterocycles. The van der Waals surface area contributed by atoms with Crippen LogP contribution in [0.2, 0.25) is 0 Å². The zero-order chi connectivity index (χ0) is 14.4. The first-order valence-electron chi connectivity index (χ1n) is 7.59. The van der Waals surface area contributed by atoms with Crippen LogP contribution >= 0.6 is 0 Å². The molecular formula is C15H28N4O. The van der Waals surface area contributed by atoms with Gasteiger partial charge in [-0.15, -0.1) is 0 Å². The van der Waals surface area contributed by atoms with Gasteiger partial charge in [-0.1, -0.05) is 12.8 Å². The minimum absolute atomic E-state index is 0.295. The Balaban J connectivity index is 1.91. The molecule has 1 fully saturated rings. The maximum Gasteiger partial charge on any atom is 0.202 e. The molecule has 1 aliphatic rings. The molecule has 0 aliphatic heterocycles. The van der Waals surface area contributed by atoms with E-state index in [2.05, 4.69) is 33.9 Å². The fraction of sp³-hybridized carbons (Fsp3) is 0.800. The molecule has 114 valence electrons. The highest BCUT2D eigenvalue weighted by atomic mass is 16.5. The molecular weight excluding hydrogens is 252 g/mol. The van der Waals surface area contributed by atoms with Gasteiger partial charge in [0.2, 0.25) is 5.95 Å². The van der Waals surface area contributed by atoms with Crippen LogP contribution in [0, 0.1) is 0 Å². The summed E-state index contributed by atoms with van der Waals surface area (Å²) in [5, 5.41) is 3.55. The average molecular weight is 280 g/mol. The molecule has 0 bridgehead atoms. The third-order valence-electron chi connectivity index (χ3n) is 4.52. The summed E-state index contributed by atoms with van der Waals surface area (Å²) in [6.45, 7) is 2.71. The van der Waals surface area contributed by atoms with Crippen molar-refractivity contribution in [1.82, 2.24) is 14.5 Å². The van der Waals surface area contributed by atoms with Gasteiger partial charge in [0.15, 0.2) is 0 Å². The average Bonchev–Trinajstić information content (AvgIpc) is 3.06. The second-order valence-electron chi connectivity index (χ2n) is 5.97. The van der Waals surface area contributed by atoms with Crippen molar-refractivity contribution >= 4 is 5.95 Å². The summed E-state index contributed by atoms with van der Waals surface area (Å²) in [6, 6.07) is 0. The van der Waals surface area contributed by atoms with Crippen molar-refractivity contribution in [3.63, 3.8) is 0 Å². The summed E-state index contributed by atoms with van der Waals surface area (Å²) >= 11 is 0. The van der Waals surface area contributed by atoms with E-state index in [9.17, 15) is 0 Å². The van der Waals surface area contributed by atoms with Gasteiger partial charge in [-0.2, -0.15) is 0 Å². The van der Waals surface area contributed by atoms with Crippen molar-refractivity contribution in [2.24, 2.45) is 0 Å². The van der Waals surface area contributed by atoms with Crippen LogP contribution in [0.3, 0.4) is 0 Å². The standard InChI is InChI=1S/C15H28N4O/c1-18(2)15(7-4-5-8-15)13-17-14-16-9-11-19(14)10-6-12-20-3/h9,11H,4-8,10,12-13H2,1-3H3,(H,16,17). The second kappa shape index (κ2) is 7.09. The zero-order valence-corrected chi connectivity index (χ0v) is 13.1. The molecule has 1 aromatic rings. The summed E-state index contributed by atoms with van der Waals surface area (Å²) < 4.78 is 7.29. The molecule has 0 unspecified atom stereocenters. The summed E-state index contributed by atoms with van der Waals surface area (Å²) in [5.41, 5.74) is 0.295. The van der Waals surface area contributed by atoms with Crippen molar-refractivity contribution in [3.8, 4) is 0 Å². The largest absolute Gasteiger partial charge is 0.385 e. The molecule has 1 aliphatic carbocycles. The highest BCUT2D eigenvalue weighted by molar-refractivity contribution is 5.27. The van der Waals surface area contributed by atoms with Crippen LogP contribution in [0.5, 0.6) is 0 Å². The molecule has 0 saturated heterocycles. The van der Waals surface area contributed by atoms with Gasteiger partial charge in [-0.25, -0.2) is 4.98 Å². The Labute approximate surface area is 122 Å². The lowest BCUT2D eigenvalue weighted by molar-refractivity contribution is 0.171. The van der Waals surface area contributed by atoms with Gasteiger partial charge in [0.05, 0.1) is 0 Å². The molecule has 0 aromatic carbocycles. The number of imidazole rings is 1. The van der Waals surface area contributed by atoms with Gasteiger partial charge in [0, 0.05) is 44.7 Å². The lowest BCUT2D eigenvalue weighted by Gasteiger charge is -2.36. The second-order valence-corrected chi connectivity index (χ2v) is 5.97. The molecule has 1 saturated carbocycles. The molecule has 2 rings (SSSR count). The van der Waals surface area contributed by atoms with Gasteiger partial charge in [-0.05, 0) is 33.4 Å². The van der Waals surface area contributed by atoms with Crippen LogP contribution in [0.25, 0.3) is 0 Å². The number of nitrogens with one attached hydrogen (secondary N) is 1. The Hall–Kier alpha value is -1.07. The normalized spacial score (nSPS) is 17.8. The molecule has 1 N–H and O–H groups in total. The van der Waals surface area contributed by atoms with Gasteiger partial charge in [0.25, 0.3) is 0 Å². The van der Waals surface area contributed by atoms with Crippen molar-refractivity contribution < 1.29 is 4.74 Å². The van der Waals surface area contributed by atoms with E-state index in [1.165, 1.54) is 25.7 Å². The first-order chi connectivity index (χ1) is 9.68. The maximum absolute atomic E-state index is 5.11. The zero-order valence-electron chi connectivity index (χ0n) is 13.1.